The molecule has 1 unspecified atom stereocenters. The molecule has 0 saturated carbocycles. The summed E-state index contributed by atoms with van der Waals surface area (Å²) in [5, 5.41) is 2.73. The van der Waals surface area contributed by atoms with E-state index in [1.54, 1.807) is 48.2 Å². The van der Waals surface area contributed by atoms with Gasteiger partial charge in [0.1, 0.15) is 25.0 Å². The van der Waals surface area contributed by atoms with E-state index in [0.29, 0.717) is 23.5 Å². The highest BCUT2D eigenvalue weighted by Gasteiger charge is 2.22. The molecule has 2 aromatic rings. The fourth-order valence-electron chi connectivity index (χ4n) is 2.64. The number of benzene rings is 2. The van der Waals surface area contributed by atoms with E-state index in [4.69, 9.17) is 9.47 Å². The number of rotatable bonds is 12. The van der Waals surface area contributed by atoms with Crippen LogP contribution in [0.15, 0.2) is 59.5 Å². The topological polar surface area (TPSA) is 102 Å². The molecule has 8 nitrogen and oxygen atoms in total. The highest BCUT2D eigenvalue weighted by molar-refractivity contribution is 7.98. The standard InChI is InChI=1S/C22H28N2O6S2/c1-24(2)32(27,28)19-11-9-18(10-12-19)29-14-15-30-22(26)20(13-16-31-3)23-21(25)17-7-5-4-6-8-17/h4-12,20H,13-16H2,1-3H3,(H,23,25). The Balaban J connectivity index is 1.85. The Kier molecular flexibility index (Phi) is 10.0. The summed E-state index contributed by atoms with van der Waals surface area (Å²) in [6.07, 6.45) is 2.37. The summed E-state index contributed by atoms with van der Waals surface area (Å²) in [4.78, 5) is 25.0. The van der Waals surface area contributed by atoms with Gasteiger partial charge in [0.25, 0.3) is 5.91 Å². The van der Waals surface area contributed by atoms with E-state index in [0.717, 1.165) is 4.31 Å². The van der Waals surface area contributed by atoms with Gasteiger partial charge in [0.05, 0.1) is 4.90 Å². The molecule has 0 aliphatic heterocycles. The van der Waals surface area contributed by atoms with Crippen molar-refractivity contribution in [2.24, 2.45) is 0 Å². The Hall–Kier alpha value is -2.56. The highest BCUT2D eigenvalue weighted by atomic mass is 32.2. The van der Waals surface area contributed by atoms with Crippen molar-refractivity contribution >= 4 is 33.7 Å². The average Bonchev–Trinajstić information content (AvgIpc) is 2.80. The number of esters is 1. The summed E-state index contributed by atoms with van der Waals surface area (Å²) in [7, 11) is -0.583. The number of carbonyl (C=O) groups is 2. The van der Waals surface area contributed by atoms with Crippen molar-refractivity contribution in [3.8, 4) is 5.75 Å². The lowest BCUT2D eigenvalue weighted by atomic mass is 10.1. The van der Waals surface area contributed by atoms with Gasteiger partial charge in [0, 0.05) is 19.7 Å². The van der Waals surface area contributed by atoms with E-state index in [9.17, 15) is 18.0 Å². The van der Waals surface area contributed by atoms with Gasteiger partial charge >= 0.3 is 5.97 Å². The van der Waals surface area contributed by atoms with Crippen molar-refractivity contribution in [3.63, 3.8) is 0 Å². The minimum absolute atomic E-state index is 0.00639. The van der Waals surface area contributed by atoms with Crippen molar-refractivity contribution in [3.05, 3.63) is 60.2 Å². The smallest absolute Gasteiger partial charge is 0.328 e. The minimum atomic E-state index is -3.51. The molecule has 0 aromatic heterocycles. The number of amides is 1. The predicted molar refractivity (Wildman–Crippen MR) is 124 cm³/mol. The second-order valence-electron chi connectivity index (χ2n) is 6.95. The number of hydrogen-bond donors (Lipinski definition) is 1. The fourth-order valence-corrected chi connectivity index (χ4v) is 4.01. The van der Waals surface area contributed by atoms with Crippen LogP contribution in [0.2, 0.25) is 0 Å². The summed E-state index contributed by atoms with van der Waals surface area (Å²) < 4.78 is 36.1. The molecule has 0 saturated heterocycles. The van der Waals surface area contributed by atoms with Crippen molar-refractivity contribution in [2.75, 3.05) is 39.3 Å². The molecule has 2 aromatic carbocycles. The van der Waals surface area contributed by atoms with E-state index >= 15 is 0 Å². The summed E-state index contributed by atoms with van der Waals surface area (Å²) >= 11 is 1.57. The number of hydrogen-bond acceptors (Lipinski definition) is 7. The summed E-state index contributed by atoms with van der Waals surface area (Å²) in [6, 6.07) is 13.9. The zero-order valence-electron chi connectivity index (χ0n) is 18.3. The number of nitrogens with one attached hydrogen (secondary N) is 1. The normalized spacial score (nSPS) is 12.2. The molecule has 2 rings (SSSR count). The van der Waals surface area contributed by atoms with Crippen LogP contribution in [0.25, 0.3) is 0 Å². The monoisotopic (exact) mass is 480 g/mol. The molecule has 0 bridgehead atoms. The zero-order chi connectivity index (χ0) is 23.6. The van der Waals surface area contributed by atoms with Crippen LogP contribution in [0.1, 0.15) is 16.8 Å². The molecular formula is C22H28N2O6S2. The van der Waals surface area contributed by atoms with E-state index < -0.39 is 22.0 Å². The molecule has 0 radical (unpaired) electrons. The third-order valence-corrected chi connectivity index (χ3v) is 6.91. The molecule has 1 amide bonds. The van der Waals surface area contributed by atoms with E-state index in [2.05, 4.69) is 5.32 Å². The lowest BCUT2D eigenvalue weighted by Gasteiger charge is -2.17. The van der Waals surface area contributed by atoms with Crippen LogP contribution in [-0.2, 0) is 19.6 Å². The van der Waals surface area contributed by atoms with Crippen molar-refractivity contribution in [1.29, 1.82) is 0 Å². The maximum atomic E-state index is 12.5. The van der Waals surface area contributed by atoms with Crippen molar-refractivity contribution in [2.45, 2.75) is 17.4 Å². The van der Waals surface area contributed by atoms with Gasteiger partial charge in [-0.25, -0.2) is 17.5 Å². The van der Waals surface area contributed by atoms with Gasteiger partial charge < -0.3 is 14.8 Å². The average molecular weight is 481 g/mol. The van der Waals surface area contributed by atoms with Gasteiger partial charge in [-0.15, -0.1) is 0 Å². The number of carbonyl (C=O) groups excluding carboxylic acids is 2. The lowest BCUT2D eigenvalue weighted by Crippen LogP contribution is -2.42. The molecule has 0 aliphatic rings. The molecule has 1 atom stereocenters. The zero-order valence-corrected chi connectivity index (χ0v) is 19.9. The van der Waals surface area contributed by atoms with Gasteiger partial charge in [-0.2, -0.15) is 11.8 Å². The van der Waals surface area contributed by atoms with Gasteiger partial charge in [-0.3, -0.25) is 4.79 Å². The first kappa shape index (κ1) is 25.7. The Morgan fingerprint density at radius 2 is 1.69 bits per heavy atom. The molecule has 10 heteroatoms. The van der Waals surface area contributed by atoms with Crippen molar-refractivity contribution in [1.82, 2.24) is 9.62 Å². The van der Waals surface area contributed by atoms with E-state index in [1.165, 1.54) is 26.2 Å². The summed E-state index contributed by atoms with van der Waals surface area (Å²) in [6.45, 7) is 0.0843. The van der Waals surface area contributed by atoms with Gasteiger partial charge in [-0.1, -0.05) is 18.2 Å². The SMILES string of the molecule is CSCCC(NC(=O)c1ccccc1)C(=O)OCCOc1ccc(S(=O)(=O)N(C)C)cc1. The first-order valence-electron chi connectivity index (χ1n) is 9.92. The highest BCUT2D eigenvalue weighted by Crippen LogP contribution is 2.18. The molecule has 174 valence electrons. The van der Waals surface area contributed by atoms with Crippen molar-refractivity contribution < 1.29 is 27.5 Å². The van der Waals surface area contributed by atoms with Crippen LogP contribution in [0.3, 0.4) is 0 Å². The lowest BCUT2D eigenvalue weighted by molar-refractivity contribution is -0.146. The fraction of sp³-hybridized carbons (Fsp3) is 0.364. The maximum absolute atomic E-state index is 12.5. The van der Waals surface area contributed by atoms with Crippen LogP contribution in [0.4, 0.5) is 0 Å². The number of sulfonamides is 1. The molecule has 0 spiro atoms. The Labute approximate surface area is 193 Å². The Bertz CT molecular complexity index is 979. The van der Waals surface area contributed by atoms with Gasteiger partial charge in [0.15, 0.2) is 0 Å². The van der Waals surface area contributed by atoms with Crippen LogP contribution < -0.4 is 10.1 Å². The Morgan fingerprint density at radius 3 is 2.28 bits per heavy atom. The number of thioether (sulfide) groups is 1. The molecule has 32 heavy (non-hydrogen) atoms. The number of ether oxygens (including phenoxy) is 2. The molecule has 0 heterocycles. The third-order valence-electron chi connectivity index (χ3n) is 4.44. The van der Waals surface area contributed by atoms with Crippen LogP contribution >= 0.6 is 11.8 Å². The Morgan fingerprint density at radius 1 is 1.03 bits per heavy atom. The van der Waals surface area contributed by atoms with Gasteiger partial charge in [0.2, 0.25) is 10.0 Å². The second-order valence-corrected chi connectivity index (χ2v) is 10.1. The molecular weight excluding hydrogens is 452 g/mol. The maximum Gasteiger partial charge on any atom is 0.328 e. The quantitative estimate of drug-likeness (QED) is 0.368. The molecule has 0 aliphatic carbocycles. The first-order chi connectivity index (χ1) is 15.3. The number of nitrogens with zero attached hydrogens (tertiary/aromatic N) is 1. The summed E-state index contributed by atoms with van der Waals surface area (Å²) in [5.41, 5.74) is 0.470. The molecule has 1 N–H and O–H groups in total. The van der Waals surface area contributed by atoms with Crippen LogP contribution in [-0.4, -0.2) is 70.0 Å². The largest absolute Gasteiger partial charge is 0.490 e. The predicted octanol–water partition coefficient (Wildman–Crippen LogP) is 2.41. The molecule has 0 fully saturated rings. The first-order valence-corrected chi connectivity index (χ1v) is 12.8. The van der Waals surface area contributed by atoms with Crippen LogP contribution in [0.5, 0.6) is 5.75 Å². The minimum Gasteiger partial charge on any atom is -0.490 e. The van der Waals surface area contributed by atoms with E-state index in [1.807, 2.05) is 12.3 Å². The second kappa shape index (κ2) is 12.5. The van der Waals surface area contributed by atoms with Crippen LogP contribution in [0, 0.1) is 0 Å². The third kappa shape index (κ3) is 7.54. The van der Waals surface area contributed by atoms with Gasteiger partial charge in [-0.05, 0) is 54.8 Å². The summed E-state index contributed by atoms with van der Waals surface area (Å²) in [5.74, 6) is 0.278. The van der Waals surface area contributed by atoms with E-state index in [-0.39, 0.29) is 24.0 Å².